The molecule has 0 aliphatic carbocycles. The number of hydrogen-bond acceptors (Lipinski definition) is 2. The molecule has 0 saturated carbocycles. The highest BCUT2D eigenvalue weighted by molar-refractivity contribution is 7.15. The van der Waals surface area contributed by atoms with Crippen molar-refractivity contribution in [2.45, 2.75) is 0 Å². The minimum Gasteiger partial charge on any atom is -0.256 e. The van der Waals surface area contributed by atoms with Crippen LogP contribution < -0.4 is 0 Å². The van der Waals surface area contributed by atoms with Crippen LogP contribution in [0.3, 0.4) is 0 Å². The molecular weight excluding hydrogens is 298 g/mol. The molecule has 0 radical (unpaired) electrons. The molecule has 0 aliphatic rings. The fraction of sp³-hybridized carbons (Fsp3) is 0. The van der Waals surface area contributed by atoms with Gasteiger partial charge in [0.05, 0.1) is 5.52 Å². The van der Waals surface area contributed by atoms with Gasteiger partial charge in [0, 0.05) is 32.8 Å². The quantitative estimate of drug-likeness (QED) is 0.332. The van der Waals surface area contributed by atoms with Crippen LogP contribution >= 0.6 is 11.3 Å². The third-order valence-corrected chi connectivity index (χ3v) is 5.41. The molecule has 1 nitrogen and oxygen atoms in total. The van der Waals surface area contributed by atoms with E-state index in [0.29, 0.717) is 0 Å². The standard InChI is InChI=1S/C21H13NS/c1-2-8-16-15(6-1)13-23-21(16)19-12-14-7-5-11-22-20(14)18-10-4-3-9-17(18)19/h1-13H. The Hall–Kier alpha value is -2.71. The molecule has 0 aliphatic heterocycles. The van der Waals surface area contributed by atoms with Crippen LogP contribution in [0.4, 0.5) is 0 Å². The maximum atomic E-state index is 4.60. The van der Waals surface area contributed by atoms with Crippen LogP contribution in [0.25, 0.3) is 42.9 Å². The summed E-state index contributed by atoms with van der Waals surface area (Å²) in [6.07, 6.45) is 1.87. The van der Waals surface area contributed by atoms with E-state index in [4.69, 9.17) is 0 Å². The van der Waals surface area contributed by atoms with Crippen molar-refractivity contribution in [3.63, 3.8) is 0 Å². The Morgan fingerprint density at radius 2 is 1.43 bits per heavy atom. The third kappa shape index (κ3) is 1.89. The molecule has 0 spiro atoms. The monoisotopic (exact) mass is 311 g/mol. The van der Waals surface area contributed by atoms with Gasteiger partial charge in [-0.05, 0) is 28.3 Å². The lowest BCUT2D eigenvalue weighted by molar-refractivity contribution is 1.43. The van der Waals surface area contributed by atoms with Gasteiger partial charge < -0.3 is 0 Å². The molecule has 2 heterocycles. The average Bonchev–Trinajstić information content (AvgIpc) is 3.05. The van der Waals surface area contributed by atoms with E-state index in [1.165, 1.54) is 37.4 Å². The van der Waals surface area contributed by atoms with Crippen LogP contribution in [0.15, 0.2) is 78.3 Å². The van der Waals surface area contributed by atoms with E-state index < -0.39 is 0 Å². The molecule has 5 rings (SSSR count). The molecule has 108 valence electrons. The van der Waals surface area contributed by atoms with Gasteiger partial charge in [-0.3, -0.25) is 4.98 Å². The van der Waals surface area contributed by atoms with Crippen molar-refractivity contribution in [3.8, 4) is 10.4 Å². The molecule has 0 atom stereocenters. The zero-order chi connectivity index (χ0) is 15.2. The molecule has 2 aromatic heterocycles. The van der Waals surface area contributed by atoms with E-state index in [1.807, 2.05) is 23.6 Å². The number of benzene rings is 3. The molecular formula is C21H13NS. The normalized spacial score (nSPS) is 11.5. The summed E-state index contributed by atoms with van der Waals surface area (Å²) in [5, 5.41) is 8.56. The number of nitrogens with zero attached hydrogens (tertiary/aromatic N) is 1. The summed E-state index contributed by atoms with van der Waals surface area (Å²) in [5.74, 6) is 0. The van der Waals surface area contributed by atoms with Gasteiger partial charge in [-0.2, -0.15) is 0 Å². The van der Waals surface area contributed by atoms with Gasteiger partial charge in [-0.15, -0.1) is 11.3 Å². The van der Waals surface area contributed by atoms with Crippen molar-refractivity contribution in [3.05, 3.63) is 78.3 Å². The van der Waals surface area contributed by atoms with Crippen LogP contribution in [-0.4, -0.2) is 4.98 Å². The largest absolute Gasteiger partial charge is 0.256 e. The summed E-state index contributed by atoms with van der Waals surface area (Å²) >= 11 is 1.82. The smallest absolute Gasteiger partial charge is 0.0780 e. The van der Waals surface area contributed by atoms with Gasteiger partial charge in [-0.25, -0.2) is 0 Å². The molecule has 5 aromatic rings. The molecule has 0 saturated heterocycles. The van der Waals surface area contributed by atoms with E-state index in [9.17, 15) is 0 Å². The first-order valence-corrected chi connectivity index (χ1v) is 8.53. The van der Waals surface area contributed by atoms with Gasteiger partial charge in [0.2, 0.25) is 0 Å². The van der Waals surface area contributed by atoms with Gasteiger partial charge in [-0.1, -0.05) is 54.6 Å². The van der Waals surface area contributed by atoms with Gasteiger partial charge in [0.25, 0.3) is 0 Å². The summed E-state index contributed by atoms with van der Waals surface area (Å²) in [6, 6.07) is 23.6. The topological polar surface area (TPSA) is 12.9 Å². The summed E-state index contributed by atoms with van der Waals surface area (Å²) in [6.45, 7) is 0. The number of hydrogen-bond donors (Lipinski definition) is 0. The molecule has 0 amide bonds. The maximum Gasteiger partial charge on any atom is 0.0780 e. The third-order valence-electron chi connectivity index (χ3n) is 4.36. The zero-order valence-corrected chi connectivity index (χ0v) is 13.2. The lowest BCUT2D eigenvalue weighted by atomic mass is 9.98. The number of thiophene rings is 1. The summed E-state index contributed by atoms with van der Waals surface area (Å²) in [7, 11) is 0. The Bertz CT molecular complexity index is 1170. The fourth-order valence-electron chi connectivity index (χ4n) is 3.31. The van der Waals surface area contributed by atoms with Crippen molar-refractivity contribution >= 4 is 43.8 Å². The van der Waals surface area contributed by atoms with Gasteiger partial charge >= 0.3 is 0 Å². The first-order valence-electron chi connectivity index (χ1n) is 7.65. The Labute approximate surface area is 137 Å². The van der Waals surface area contributed by atoms with E-state index in [2.05, 4.69) is 71.0 Å². The van der Waals surface area contributed by atoms with Crippen molar-refractivity contribution < 1.29 is 0 Å². The van der Waals surface area contributed by atoms with Gasteiger partial charge in [0.15, 0.2) is 0 Å². The van der Waals surface area contributed by atoms with Crippen molar-refractivity contribution in [2.75, 3.05) is 0 Å². The van der Waals surface area contributed by atoms with Crippen LogP contribution in [0.5, 0.6) is 0 Å². The number of fused-ring (bicyclic) bond motifs is 4. The minimum atomic E-state index is 1.08. The molecule has 2 heteroatoms. The summed E-state index contributed by atoms with van der Waals surface area (Å²) in [4.78, 5) is 5.93. The first-order chi connectivity index (χ1) is 11.4. The van der Waals surface area contributed by atoms with Crippen molar-refractivity contribution in [1.29, 1.82) is 0 Å². The van der Waals surface area contributed by atoms with E-state index in [0.717, 1.165) is 5.52 Å². The summed E-state index contributed by atoms with van der Waals surface area (Å²) < 4.78 is 0. The molecule has 0 unspecified atom stereocenters. The van der Waals surface area contributed by atoms with Crippen LogP contribution in [-0.2, 0) is 0 Å². The second kappa shape index (κ2) is 4.90. The SMILES string of the molecule is c1ccc2c(-c3cc4cccnc4c4ccccc34)scc2c1. The molecule has 0 fully saturated rings. The van der Waals surface area contributed by atoms with Crippen molar-refractivity contribution in [1.82, 2.24) is 4.98 Å². The zero-order valence-electron chi connectivity index (χ0n) is 12.4. The van der Waals surface area contributed by atoms with Crippen LogP contribution in [0.1, 0.15) is 0 Å². The Morgan fingerprint density at radius 3 is 2.35 bits per heavy atom. The minimum absolute atomic E-state index is 1.08. The number of pyridine rings is 1. The highest BCUT2D eigenvalue weighted by atomic mass is 32.1. The number of aromatic nitrogens is 1. The predicted octanol–water partition coefficient (Wildman–Crippen LogP) is 6.27. The summed E-state index contributed by atoms with van der Waals surface area (Å²) in [5.41, 5.74) is 2.38. The fourth-order valence-corrected chi connectivity index (χ4v) is 4.36. The second-order valence-corrected chi connectivity index (χ2v) is 6.58. The maximum absolute atomic E-state index is 4.60. The lowest BCUT2D eigenvalue weighted by Gasteiger charge is -2.09. The van der Waals surface area contributed by atoms with Crippen molar-refractivity contribution in [2.24, 2.45) is 0 Å². The van der Waals surface area contributed by atoms with E-state index in [-0.39, 0.29) is 0 Å². The Morgan fingerprint density at radius 1 is 0.696 bits per heavy atom. The Kier molecular flexibility index (Phi) is 2.73. The average molecular weight is 311 g/mol. The molecule has 3 aromatic carbocycles. The lowest BCUT2D eigenvalue weighted by Crippen LogP contribution is -1.85. The van der Waals surface area contributed by atoms with Crippen LogP contribution in [0, 0.1) is 0 Å². The van der Waals surface area contributed by atoms with Crippen LogP contribution in [0.2, 0.25) is 0 Å². The highest BCUT2D eigenvalue weighted by Gasteiger charge is 2.12. The van der Waals surface area contributed by atoms with E-state index in [1.54, 1.807) is 0 Å². The Balaban J connectivity index is 1.97. The van der Waals surface area contributed by atoms with Gasteiger partial charge in [0.1, 0.15) is 0 Å². The number of rotatable bonds is 1. The highest BCUT2D eigenvalue weighted by Crippen LogP contribution is 2.40. The van der Waals surface area contributed by atoms with E-state index >= 15 is 0 Å². The predicted molar refractivity (Wildman–Crippen MR) is 100 cm³/mol. The molecule has 0 N–H and O–H groups in total. The molecule has 0 bridgehead atoms. The molecule has 23 heavy (non-hydrogen) atoms. The first kappa shape index (κ1) is 12.8. The second-order valence-electron chi connectivity index (χ2n) is 5.70.